The number of carbonyl (C=O) groups is 1. The number of thiazole rings is 1. The van der Waals surface area contributed by atoms with Gasteiger partial charge >= 0.3 is 5.97 Å². The van der Waals surface area contributed by atoms with E-state index in [1.807, 2.05) is 19.1 Å². The van der Waals surface area contributed by atoms with Gasteiger partial charge in [-0.2, -0.15) is 0 Å². The summed E-state index contributed by atoms with van der Waals surface area (Å²) in [4.78, 5) is 16.5. The molecule has 0 aliphatic carbocycles. The van der Waals surface area contributed by atoms with Crippen LogP contribution in [0.25, 0.3) is 0 Å². The van der Waals surface area contributed by atoms with Gasteiger partial charge in [0.2, 0.25) is 0 Å². The van der Waals surface area contributed by atoms with Gasteiger partial charge in [-0.15, -0.1) is 11.3 Å². The van der Waals surface area contributed by atoms with E-state index in [0.29, 0.717) is 10.8 Å². The summed E-state index contributed by atoms with van der Waals surface area (Å²) >= 11 is 8.52. The molecular weight excluding hydrogens is 292 g/mol. The first-order valence-corrected chi connectivity index (χ1v) is 7.21. The van der Waals surface area contributed by atoms with E-state index in [1.54, 1.807) is 6.92 Å². The summed E-state index contributed by atoms with van der Waals surface area (Å²) in [5.74, 6) is -0.940. The molecule has 18 heavy (non-hydrogen) atoms. The van der Waals surface area contributed by atoms with Crippen molar-refractivity contribution in [2.45, 2.75) is 19.9 Å². The molecule has 0 fully saturated rings. The molecule has 0 amide bonds. The van der Waals surface area contributed by atoms with E-state index in [4.69, 9.17) is 16.7 Å². The smallest absolute Gasteiger partial charge is 0.347 e. The number of aryl methyl sites for hydroxylation is 1. The van der Waals surface area contributed by atoms with Crippen molar-refractivity contribution in [3.8, 4) is 0 Å². The molecule has 96 valence electrons. The number of thiophene rings is 1. The molecule has 0 radical (unpaired) electrons. The molecule has 2 N–H and O–H groups in total. The van der Waals surface area contributed by atoms with E-state index in [0.717, 1.165) is 20.6 Å². The normalized spacial score (nSPS) is 12.4. The van der Waals surface area contributed by atoms with Crippen molar-refractivity contribution >= 4 is 45.4 Å². The minimum absolute atomic E-state index is 0.0506. The van der Waals surface area contributed by atoms with E-state index in [-0.39, 0.29) is 10.9 Å². The zero-order valence-corrected chi connectivity index (χ0v) is 12.1. The Morgan fingerprint density at radius 2 is 2.22 bits per heavy atom. The van der Waals surface area contributed by atoms with Crippen LogP contribution in [0.15, 0.2) is 12.1 Å². The molecule has 4 nitrogen and oxygen atoms in total. The number of carboxylic acids is 1. The standard InChI is InChI=1S/C11H11ClN2O2S2/c1-5(7-3-4-8(12)17-7)13-11-14-6(2)9(18-11)10(15)16/h3-5H,1-2H3,(H,13,14)(H,15,16). The van der Waals surface area contributed by atoms with Crippen LogP contribution < -0.4 is 5.32 Å². The first-order chi connectivity index (χ1) is 8.47. The highest BCUT2D eigenvalue weighted by Crippen LogP contribution is 2.31. The highest BCUT2D eigenvalue weighted by Gasteiger charge is 2.16. The van der Waals surface area contributed by atoms with Crippen LogP contribution in [0.4, 0.5) is 5.13 Å². The van der Waals surface area contributed by atoms with Gasteiger partial charge in [0.15, 0.2) is 5.13 Å². The van der Waals surface area contributed by atoms with E-state index >= 15 is 0 Å². The summed E-state index contributed by atoms with van der Waals surface area (Å²) in [6.45, 7) is 3.68. The maximum absolute atomic E-state index is 10.9. The third-order valence-electron chi connectivity index (χ3n) is 2.35. The maximum atomic E-state index is 10.9. The second-order valence-corrected chi connectivity index (χ2v) is 6.49. The van der Waals surface area contributed by atoms with Gasteiger partial charge in [0.05, 0.1) is 16.1 Å². The third-order valence-corrected chi connectivity index (χ3v) is 4.84. The van der Waals surface area contributed by atoms with Gasteiger partial charge in [-0.1, -0.05) is 22.9 Å². The number of hydrogen-bond donors (Lipinski definition) is 2. The molecule has 0 aromatic carbocycles. The van der Waals surface area contributed by atoms with E-state index in [1.165, 1.54) is 11.3 Å². The van der Waals surface area contributed by atoms with Gasteiger partial charge in [0.25, 0.3) is 0 Å². The van der Waals surface area contributed by atoms with Crippen LogP contribution in [0.2, 0.25) is 4.34 Å². The number of nitrogens with zero attached hydrogens (tertiary/aromatic N) is 1. The molecule has 2 heterocycles. The summed E-state index contributed by atoms with van der Waals surface area (Å²) < 4.78 is 0.736. The summed E-state index contributed by atoms with van der Waals surface area (Å²) in [6.07, 6.45) is 0. The molecule has 2 rings (SSSR count). The SMILES string of the molecule is Cc1nc(NC(C)c2ccc(Cl)s2)sc1C(=O)O. The van der Waals surface area contributed by atoms with Crippen molar-refractivity contribution in [1.82, 2.24) is 4.98 Å². The number of anilines is 1. The Morgan fingerprint density at radius 1 is 1.50 bits per heavy atom. The van der Waals surface area contributed by atoms with Crippen LogP contribution in [0, 0.1) is 6.92 Å². The fourth-order valence-electron chi connectivity index (χ4n) is 1.47. The molecule has 1 unspecified atom stereocenters. The first-order valence-electron chi connectivity index (χ1n) is 5.20. The minimum atomic E-state index is -0.940. The molecule has 2 aromatic heterocycles. The monoisotopic (exact) mass is 302 g/mol. The lowest BCUT2D eigenvalue weighted by Gasteiger charge is -2.10. The number of aromatic nitrogens is 1. The fraction of sp³-hybridized carbons (Fsp3) is 0.273. The fourth-order valence-corrected chi connectivity index (χ4v) is 3.43. The predicted molar refractivity (Wildman–Crippen MR) is 75.2 cm³/mol. The third kappa shape index (κ3) is 2.82. The molecular formula is C11H11ClN2O2S2. The van der Waals surface area contributed by atoms with Gasteiger partial charge in [-0.25, -0.2) is 9.78 Å². The molecule has 0 spiro atoms. The predicted octanol–water partition coefficient (Wildman–Crippen LogP) is 4.04. The molecule has 0 saturated heterocycles. The van der Waals surface area contributed by atoms with Crippen LogP contribution in [0.3, 0.4) is 0 Å². The van der Waals surface area contributed by atoms with Gasteiger partial charge in [0.1, 0.15) is 4.88 Å². The van der Waals surface area contributed by atoms with Crippen molar-refractivity contribution in [3.05, 3.63) is 31.9 Å². The average molecular weight is 303 g/mol. The Morgan fingerprint density at radius 3 is 2.72 bits per heavy atom. The lowest BCUT2D eigenvalue weighted by Crippen LogP contribution is -2.04. The summed E-state index contributed by atoms with van der Waals surface area (Å²) in [5.41, 5.74) is 0.534. The molecule has 0 bridgehead atoms. The van der Waals surface area contributed by atoms with Crippen molar-refractivity contribution in [3.63, 3.8) is 0 Å². The lowest BCUT2D eigenvalue weighted by atomic mass is 10.3. The first kappa shape index (κ1) is 13.3. The number of carboxylic acid groups (broad SMARTS) is 1. The van der Waals surface area contributed by atoms with Crippen molar-refractivity contribution in [1.29, 1.82) is 0 Å². The van der Waals surface area contributed by atoms with Gasteiger partial charge in [-0.05, 0) is 26.0 Å². The zero-order valence-electron chi connectivity index (χ0n) is 9.73. The van der Waals surface area contributed by atoms with Crippen LogP contribution in [0.1, 0.15) is 33.2 Å². The quantitative estimate of drug-likeness (QED) is 0.895. The van der Waals surface area contributed by atoms with Gasteiger partial charge in [-0.3, -0.25) is 0 Å². The van der Waals surface area contributed by atoms with Crippen LogP contribution in [-0.2, 0) is 0 Å². The number of rotatable bonds is 4. The molecule has 2 aromatic rings. The average Bonchev–Trinajstić information content (AvgIpc) is 2.85. The Labute approximate surface area is 117 Å². The van der Waals surface area contributed by atoms with Crippen LogP contribution >= 0.6 is 34.3 Å². The van der Waals surface area contributed by atoms with Crippen LogP contribution in [-0.4, -0.2) is 16.1 Å². The second-order valence-electron chi connectivity index (χ2n) is 3.75. The van der Waals surface area contributed by atoms with E-state index in [9.17, 15) is 4.79 Å². The van der Waals surface area contributed by atoms with Gasteiger partial charge in [0, 0.05) is 4.88 Å². The Balaban J connectivity index is 2.14. The number of hydrogen-bond acceptors (Lipinski definition) is 5. The molecule has 0 aliphatic heterocycles. The van der Waals surface area contributed by atoms with Crippen molar-refractivity contribution in [2.24, 2.45) is 0 Å². The zero-order chi connectivity index (χ0) is 13.3. The summed E-state index contributed by atoms with van der Waals surface area (Å²) in [7, 11) is 0. The Hall–Kier alpha value is -1.11. The summed E-state index contributed by atoms with van der Waals surface area (Å²) in [6, 6.07) is 3.84. The van der Waals surface area contributed by atoms with Crippen molar-refractivity contribution in [2.75, 3.05) is 5.32 Å². The Kier molecular flexibility index (Phi) is 3.89. The topological polar surface area (TPSA) is 62.2 Å². The lowest BCUT2D eigenvalue weighted by molar-refractivity contribution is 0.0701. The highest BCUT2D eigenvalue weighted by atomic mass is 35.5. The number of halogens is 1. The number of nitrogens with one attached hydrogen (secondary N) is 1. The largest absolute Gasteiger partial charge is 0.477 e. The molecule has 0 aliphatic rings. The molecule has 7 heteroatoms. The van der Waals surface area contributed by atoms with Crippen molar-refractivity contribution < 1.29 is 9.90 Å². The highest BCUT2D eigenvalue weighted by molar-refractivity contribution is 7.17. The number of aromatic carboxylic acids is 1. The molecule has 0 saturated carbocycles. The van der Waals surface area contributed by atoms with E-state index < -0.39 is 5.97 Å². The summed E-state index contributed by atoms with van der Waals surface area (Å²) in [5, 5.41) is 12.8. The minimum Gasteiger partial charge on any atom is -0.477 e. The van der Waals surface area contributed by atoms with E-state index in [2.05, 4.69) is 10.3 Å². The maximum Gasteiger partial charge on any atom is 0.347 e. The Bertz CT molecular complexity index is 579. The van der Waals surface area contributed by atoms with Gasteiger partial charge < -0.3 is 10.4 Å². The second kappa shape index (κ2) is 5.26. The van der Waals surface area contributed by atoms with Crippen LogP contribution in [0.5, 0.6) is 0 Å². The molecule has 1 atom stereocenters.